The summed E-state index contributed by atoms with van der Waals surface area (Å²) in [5.41, 5.74) is 2.55. The number of benzene rings is 1. The van der Waals surface area contributed by atoms with Gasteiger partial charge in [-0.15, -0.1) is 0 Å². The number of nitrogens with zero attached hydrogens (tertiary/aromatic N) is 1. The van der Waals surface area contributed by atoms with Gasteiger partial charge in [-0.3, -0.25) is 9.59 Å². The number of halogens is 1. The molecule has 28 heavy (non-hydrogen) atoms. The molecular formula is C21H26FN3O3. The molecule has 3 N–H and O–H groups in total. The second-order valence-electron chi connectivity index (χ2n) is 8.26. The van der Waals surface area contributed by atoms with Crippen molar-refractivity contribution >= 4 is 22.7 Å². The summed E-state index contributed by atoms with van der Waals surface area (Å²) in [6, 6.07) is 4.33. The van der Waals surface area contributed by atoms with Crippen LogP contribution in [0.1, 0.15) is 31.0 Å². The zero-order chi connectivity index (χ0) is 20.0. The summed E-state index contributed by atoms with van der Waals surface area (Å²) >= 11 is 0. The third-order valence-corrected chi connectivity index (χ3v) is 6.29. The highest BCUT2D eigenvalue weighted by Crippen LogP contribution is 2.37. The molecule has 7 heteroatoms. The Kier molecular flexibility index (Phi) is 4.87. The first-order valence-corrected chi connectivity index (χ1v) is 9.81. The van der Waals surface area contributed by atoms with Crippen molar-refractivity contribution in [2.45, 2.75) is 45.3 Å². The summed E-state index contributed by atoms with van der Waals surface area (Å²) in [6.45, 7) is 4.62. The molecule has 0 unspecified atom stereocenters. The smallest absolute Gasteiger partial charge is 0.227 e. The Labute approximate surface area is 163 Å². The van der Waals surface area contributed by atoms with E-state index in [1.165, 1.54) is 19.1 Å². The number of fused-ring (bicyclic) bond motifs is 2. The summed E-state index contributed by atoms with van der Waals surface area (Å²) < 4.78 is 13.7. The minimum absolute atomic E-state index is 0.0215. The fourth-order valence-electron chi connectivity index (χ4n) is 4.90. The van der Waals surface area contributed by atoms with E-state index in [-0.39, 0.29) is 41.9 Å². The lowest BCUT2D eigenvalue weighted by Gasteiger charge is -2.35. The first-order chi connectivity index (χ1) is 13.3. The van der Waals surface area contributed by atoms with E-state index in [2.05, 4.69) is 10.3 Å². The van der Waals surface area contributed by atoms with Crippen LogP contribution in [0.4, 0.5) is 4.39 Å². The second kappa shape index (κ2) is 7.20. The van der Waals surface area contributed by atoms with Crippen LogP contribution in [-0.4, -0.2) is 52.0 Å². The summed E-state index contributed by atoms with van der Waals surface area (Å²) in [5.74, 6) is 0.102. The number of hydrogen-bond acceptors (Lipinski definition) is 3. The van der Waals surface area contributed by atoms with E-state index in [0.29, 0.717) is 25.9 Å². The molecule has 2 aliphatic rings. The van der Waals surface area contributed by atoms with Crippen LogP contribution in [0.15, 0.2) is 18.2 Å². The van der Waals surface area contributed by atoms with Crippen LogP contribution in [0.25, 0.3) is 10.9 Å². The Morgan fingerprint density at radius 1 is 1.29 bits per heavy atom. The minimum Gasteiger partial charge on any atom is -0.391 e. The van der Waals surface area contributed by atoms with Crippen LogP contribution in [0, 0.1) is 24.6 Å². The summed E-state index contributed by atoms with van der Waals surface area (Å²) in [6.07, 6.45) is 0.939. The first kappa shape index (κ1) is 18.9. The Morgan fingerprint density at radius 3 is 2.71 bits per heavy atom. The summed E-state index contributed by atoms with van der Waals surface area (Å²) in [4.78, 5) is 29.4. The quantitative estimate of drug-likeness (QED) is 0.752. The van der Waals surface area contributed by atoms with Crippen molar-refractivity contribution in [3.05, 3.63) is 35.3 Å². The van der Waals surface area contributed by atoms with E-state index in [0.717, 1.165) is 22.2 Å². The zero-order valence-electron chi connectivity index (χ0n) is 16.2. The number of amides is 2. The third kappa shape index (κ3) is 3.51. The minimum atomic E-state index is -0.570. The van der Waals surface area contributed by atoms with Crippen LogP contribution in [0.5, 0.6) is 0 Å². The van der Waals surface area contributed by atoms with Gasteiger partial charge in [0, 0.05) is 36.6 Å². The predicted molar refractivity (Wildman–Crippen MR) is 103 cm³/mol. The third-order valence-electron chi connectivity index (χ3n) is 6.29. The van der Waals surface area contributed by atoms with Gasteiger partial charge in [0.2, 0.25) is 11.8 Å². The van der Waals surface area contributed by atoms with Gasteiger partial charge in [-0.1, -0.05) is 0 Å². The van der Waals surface area contributed by atoms with Crippen LogP contribution in [-0.2, 0) is 16.0 Å². The van der Waals surface area contributed by atoms with Crippen LogP contribution >= 0.6 is 0 Å². The van der Waals surface area contributed by atoms with Gasteiger partial charge in [0.1, 0.15) is 5.82 Å². The average molecular weight is 387 g/mol. The van der Waals surface area contributed by atoms with Crippen molar-refractivity contribution in [1.29, 1.82) is 0 Å². The molecule has 1 aromatic carbocycles. The van der Waals surface area contributed by atoms with Crippen molar-refractivity contribution in [2.24, 2.45) is 11.8 Å². The molecule has 0 spiro atoms. The van der Waals surface area contributed by atoms with Gasteiger partial charge >= 0.3 is 0 Å². The molecule has 1 saturated heterocycles. The molecule has 1 aliphatic heterocycles. The molecule has 4 rings (SSSR count). The van der Waals surface area contributed by atoms with Gasteiger partial charge < -0.3 is 20.3 Å². The van der Waals surface area contributed by atoms with E-state index in [1.54, 1.807) is 6.07 Å². The second-order valence-corrected chi connectivity index (χ2v) is 8.26. The van der Waals surface area contributed by atoms with Gasteiger partial charge in [0.05, 0.1) is 18.6 Å². The SMILES string of the molecule is CC(=O)N[C@@H]1C[C@@H]2CN(C(=O)Cc3c(C)[nH]c4ccc(F)cc34)C[C@@H]2C[C@H]1O. The number of aryl methyl sites for hydroxylation is 1. The number of aromatic amines is 1. The van der Waals surface area contributed by atoms with Crippen LogP contribution in [0.2, 0.25) is 0 Å². The number of likely N-dealkylation sites (tertiary alicyclic amines) is 1. The largest absolute Gasteiger partial charge is 0.391 e. The normalized spacial score (nSPS) is 27.1. The number of nitrogens with one attached hydrogen (secondary N) is 2. The fraction of sp³-hybridized carbons (Fsp3) is 0.524. The molecule has 4 atom stereocenters. The van der Waals surface area contributed by atoms with Crippen molar-refractivity contribution in [3.8, 4) is 0 Å². The molecule has 0 radical (unpaired) electrons. The van der Waals surface area contributed by atoms with E-state index in [9.17, 15) is 19.1 Å². The highest BCUT2D eigenvalue weighted by Gasteiger charge is 2.43. The van der Waals surface area contributed by atoms with Crippen molar-refractivity contribution in [1.82, 2.24) is 15.2 Å². The maximum absolute atomic E-state index is 13.7. The number of aliphatic hydroxyl groups is 1. The highest BCUT2D eigenvalue weighted by atomic mass is 19.1. The number of rotatable bonds is 3. The molecule has 0 bridgehead atoms. The Morgan fingerprint density at radius 2 is 2.00 bits per heavy atom. The van der Waals surface area contributed by atoms with Crippen molar-refractivity contribution in [2.75, 3.05) is 13.1 Å². The molecule has 150 valence electrons. The van der Waals surface area contributed by atoms with Crippen LogP contribution < -0.4 is 5.32 Å². The topological polar surface area (TPSA) is 85.4 Å². The number of aromatic nitrogens is 1. The zero-order valence-corrected chi connectivity index (χ0v) is 16.2. The molecular weight excluding hydrogens is 361 g/mol. The molecule has 2 heterocycles. The predicted octanol–water partition coefficient (Wildman–Crippen LogP) is 1.89. The molecule has 1 aliphatic carbocycles. The maximum Gasteiger partial charge on any atom is 0.227 e. The molecule has 2 amide bonds. The van der Waals surface area contributed by atoms with Crippen molar-refractivity contribution < 1.29 is 19.1 Å². The Hall–Kier alpha value is -2.41. The highest BCUT2D eigenvalue weighted by molar-refractivity contribution is 5.90. The van der Waals surface area contributed by atoms with Crippen LogP contribution in [0.3, 0.4) is 0 Å². The van der Waals surface area contributed by atoms with Gasteiger partial charge in [0.15, 0.2) is 0 Å². The number of carbonyl (C=O) groups excluding carboxylic acids is 2. The van der Waals surface area contributed by atoms with E-state index < -0.39 is 6.10 Å². The molecule has 1 aromatic heterocycles. The molecule has 1 saturated carbocycles. The average Bonchev–Trinajstić information content (AvgIpc) is 3.16. The van der Waals surface area contributed by atoms with Gasteiger partial charge in [-0.25, -0.2) is 4.39 Å². The van der Waals surface area contributed by atoms with Gasteiger partial charge in [-0.05, 0) is 55.4 Å². The van der Waals surface area contributed by atoms with Gasteiger partial charge in [-0.2, -0.15) is 0 Å². The Balaban J connectivity index is 1.47. The van der Waals surface area contributed by atoms with E-state index in [4.69, 9.17) is 0 Å². The molecule has 2 fully saturated rings. The first-order valence-electron chi connectivity index (χ1n) is 9.81. The summed E-state index contributed by atoms with van der Waals surface area (Å²) in [7, 11) is 0. The Bertz CT molecular complexity index is 925. The summed E-state index contributed by atoms with van der Waals surface area (Å²) in [5, 5.41) is 13.9. The number of hydrogen-bond donors (Lipinski definition) is 3. The van der Waals surface area contributed by atoms with Crippen molar-refractivity contribution in [3.63, 3.8) is 0 Å². The number of H-pyrrole nitrogens is 1. The fourth-order valence-corrected chi connectivity index (χ4v) is 4.90. The standard InChI is InChI=1S/C21H26FN3O3/c1-11-16(17-7-15(22)3-4-18(17)23-11)8-21(28)25-9-13-5-19(24-12(2)26)20(27)6-14(13)10-25/h3-4,7,13-14,19-20,23,27H,5-6,8-10H2,1-2H3,(H,24,26)/t13-,14+,19-,20-/m1/s1. The molecule has 2 aromatic rings. The van der Waals surface area contributed by atoms with E-state index in [1.807, 2.05) is 11.8 Å². The van der Waals surface area contributed by atoms with E-state index >= 15 is 0 Å². The lowest BCUT2D eigenvalue weighted by molar-refractivity contribution is -0.129. The maximum atomic E-state index is 13.7. The lowest BCUT2D eigenvalue weighted by Crippen LogP contribution is -2.48. The lowest BCUT2D eigenvalue weighted by atomic mass is 9.77. The number of carbonyl (C=O) groups is 2. The number of aliphatic hydroxyl groups excluding tert-OH is 1. The monoisotopic (exact) mass is 387 g/mol. The molecule has 6 nitrogen and oxygen atoms in total. The van der Waals surface area contributed by atoms with Gasteiger partial charge in [0.25, 0.3) is 0 Å².